The van der Waals surface area contributed by atoms with Gasteiger partial charge >= 0.3 is 0 Å². The van der Waals surface area contributed by atoms with Crippen molar-refractivity contribution in [3.8, 4) is 11.6 Å². The van der Waals surface area contributed by atoms with Crippen LogP contribution in [0.15, 0.2) is 18.2 Å². The Bertz CT molecular complexity index is 726. The Balaban J connectivity index is 1.97. The van der Waals surface area contributed by atoms with Crippen LogP contribution in [0.2, 0.25) is 5.02 Å². The fourth-order valence-corrected chi connectivity index (χ4v) is 2.63. The van der Waals surface area contributed by atoms with Gasteiger partial charge in [0.25, 0.3) is 0 Å². The van der Waals surface area contributed by atoms with E-state index in [0.717, 1.165) is 11.3 Å². The zero-order chi connectivity index (χ0) is 15.1. The second-order valence-corrected chi connectivity index (χ2v) is 5.34. The number of nitrogens with zero attached hydrogens (tertiary/aromatic N) is 2. The van der Waals surface area contributed by atoms with Gasteiger partial charge in [0, 0.05) is 30.4 Å². The van der Waals surface area contributed by atoms with Crippen LogP contribution >= 0.6 is 11.6 Å². The van der Waals surface area contributed by atoms with Gasteiger partial charge in [-0.1, -0.05) is 11.6 Å². The lowest BCUT2D eigenvalue weighted by atomic mass is 10.1. The van der Waals surface area contributed by atoms with Crippen molar-refractivity contribution in [2.45, 2.75) is 13.0 Å². The van der Waals surface area contributed by atoms with Crippen LogP contribution in [0.3, 0.4) is 0 Å². The second kappa shape index (κ2) is 5.05. The van der Waals surface area contributed by atoms with E-state index < -0.39 is 0 Å². The Kier molecular flexibility index (Phi) is 3.35. The standard InChI is InChI=1S/C14H15ClN4O2/c1-7-4-12(19(3)18-7)21-11-6-10-8(5-9(11)15)13(16-2)14(20)17-10/h4-6,13,16H,1-3H3,(H,17,20). The largest absolute Gasteiger partial charge is 0.438 e. The van der Waals surface area contributed by atoms with Gasteiger partial charge < -0.3 is 15.4 Å². The number of anilines is 1. The number of aromatic nitrogens is 2. The minimum Gasteiger partial charge on any atom is -0.438 e. The Morgan fingerprint density at radius 3 is 2.81 bits per heavy atom. The lowest BCUT2D eigenvalue weighted by molar-refractivity contribution is -0.117. The van der Waals surface area contributed by atoms with Gasteiger partial charge in [0.2, 0.25) is 11.8 Å². The van der Waals surface area contributed by atoms with Gasteiger partial charge in [-0.25, -0.2) is 4.68 Å². The Labute approximate surface area is 127 Å². The summed E-state index contributed by atoms with van der Waals surface area (Å²) in [5.74, 6) is 0.969. The molecule has 2 N–H and O–H groups in total. The van der Waals surface area contributed by atoms with Crippen molar-refractivity contribution in [1.82, 2.24) is 15.1 Å². The van der Waals surface area contributed by atoms with Crippen molar-refractivity contribution in [1.29, 1.82) is 0 Å². The van der Waals surface area contributed by atoms with Crippen LogP contribution in [0, 0.1) is 6.92 Å². The van der Waals surface area contributed by atoms with E-state index in [4.69, 9.17) is 16.3 Å². The third kappa shape index (κ3) is 2.36. The number of hydrogen-bond donors (Lipinski definition) is 2. The fourth-order valence-electron chi connectivity index (χ4n) is 2.42. The molecule has 0 radical (unpaired) electrons. The quantitative estimate of drug-likeness (QED) is 0.913. The highest BCUT2D eigenvalue weighted by atomic mass is 35.5. The molecule has 6 nitrogen and oxygen atoms in total. The van der Waals surface area contributed by atoms with Crippen LogP contribution in [0.5, 0.6) is 11.6 Å². The molecule has 1 aliphatic rings. The lowest BCUT2D eigenvalue weighted by Crippen LogP contribution is -2.23. The molecular weight excluding hydrogens is 292 g/mol. The van der Waals surface area contributed by atoms with Gasteiger partial charge in [-0.05, 0) is 20.0 Å². The van der Waals surface area contributed by atoms with Crippen LogP contribution in [0.25, 0.3) is 0 Å². The minimum absolute atomic E-state index is 0.0999. The van der Waals surface area contributed by atoms with Crippen LogP contribution in [0.4, 0.5) is 5.69 Å². The molecular formula is C14H15ClN4O2. The number of nitrogens with one attached hydrogen (secondary N) is 2. The predicted octanol–water partition coefficient (Wildman–Crippen LogP) is 2.39. The minimum atomic E-state index is -0.384. The summed E-state index contributed by atoms with van der Waals surface area (Å²) >= 11 is 6.27. The average molecular weight is 307 g/mol. The summed E-state index contributed by atoms with van der Waals surface area (Å²) in [7, 11) is 3.53. The molecule has 0 bridgehead atoms. The van der Waals surface area contributed by atoms with E-state index in [1.807, 2.05) is 13.0 Å². The number of carbonyl (C=O) groups is 1. The highest BCUT2D eigenvalue weighted by Gasteiger charge is 2.30. The summed E-state index contributed by atoms with van der Waals surface area (Å²) in [5, 5.41) is 10.4. The van der Waals surface area contributed by atoms with Gasteiger partial charge in [0.1, 0.15) is 11.8 Å². The van der Waals surface area contributed by atoms with Crippen molar-refractivity contribution < 1.29 is 9.53 Å². The molecule has 0 saturated heterocycles. The summed E-state index contributed by atoms with van der Waals surface area (Å²) in [6.45, 7) is 1.88. The molecule has 0 fully saturated rings. The first-order valence-electron chi connectivity index (χ1n) is 6.49. The van der Waals surface area contributed by atoms with Crippen LogP contribution in [-0.2, 0) is 11.8 Å². The van der Waals surface area contributed by atoms with E-state index in [2.05, 4.69) is 15.7 Å². The van der Waals surface area contributed by atoms with Crippen molar-refractivity contribution in [3.63, 3.8) is 0 Å². The number of carbonyl (C=O) groups excluding carboxylic acids is 1. The maximum atomic E-state index is 11.8. The molecule has 3 rings (SSSR count). The van der Waals surface area contributed by atoms with E-state index in [9.17, 15) is 4.79 Å². The van der Waals surface area contributed by atoms with E-state index in [0.29, 0.717) is 22.3 Å². The number of likely N-dealkylation sites (N-methyl/N-ethyl adjacent to an activating group) is 1. The second-order valence-electron chi connectivity index (χ2n) is 4.93. The lowest BCUT2D eigenvalue weighted by Gasteiger charge is -2.11. The highest BCUT2D eigenvalue weighted by molar-refractivity contribution is 6.32. The first-order chi connectivity index (χ1) is 9.99. The molecule has 1 atom stereocenters. The zero-order valence-corrected chi connectivity index (χ0v) is 12.7. The van der Waals surface area contributed by atoms with Crippen LogP contribution in [0.1, 0.15) is 17.3 Å². The number of aryl methyl sites for hydroxylation is 2. The zero-order valence-electron chi connectivity index (χ0n) is 11.9. The molecule has 0 spiro atoms. The summed E-state index contributed by atoms with van der Waals surface area (Å²) in [6.07, 6.45) is 0. The molecule has 1 amide bonds. The van der Waals surface area contributed by atoms with Crippen molar-refractivity contribution in [2.24, 2.45) is 7.05 Å². The number of ether oxygens (including phenoxy) is 1. The number of amides is 1. The molecule has 21 heavy (non-hydrogen) atoms. The van der Waals surface area contributed by atoms with Crippen molar-refractivity contribution in [2.75, 3.05) is 12.4 Å². The van der Waals surface area contributed by atoms with Gasteiger partial charge in [-0.3, -0.25) is 4.79 Å². The summed E-state index contributed by atoms with van der Waals surface area (Å²) < 4.78 is 7.42. The maximum absolute atomic E-state index is 11.8. The Morgan fingerprint density at radius 2 is 2.19 bits per heavy atom. The first kappa shape index (κ1) is 13.9. The molecule has 2 aromatic rings. The first-order valence-corrected chi connectivity index (χ1v) is 6.87. The summed E-state index contributed by atoms with van der Waals surface area (Å²) in [6, 6.07) is 4.91. The number of hydrogen-bond acceptors (Lipinski definition) is 4. The molecule has 1 aromatic carbocycles. The maximum Gasteiger partial charge on any atom is 0.246 e. The average Bonchev–Trinajstić information content (AvgIpc) is 2.89. The SMILES string of the molecule is CNC1C(=O)Nc2cc(Oc3cc(C)nn3C)c(Cl)cc21. The topological polar surface area (TPSA) is 68.2 Å². The van der Waals surface area contributed by atoms with Crippen molar-refractivity contribution >= 4 is 23.2 Å². The monoisotopic (exact) mass is 306 g/mol. The molecule has 1 unspecified atom stereocenters. The molecule has 0 saturated carbocycles. The third-order valence-electron chi connectivity index (χ3n) is 3.40. The van der Waals surface area contributed by atoms with E-state index in [-0.39, 0.29) is 11.9 Å². The van der Waals surface area contributed by atoms with E-state index in [1.165, 1.54) is 0 Å². The Hall–Kier alpha value is -2.05. The van der Waals surface area contributed by atoms with Crippen LogP contribution in [-0.4, -0.2) is 22.7 Å². The van der Waals surface area contributed by atoms with E-state index in [1.54, 1.807) is 30.9 Å². The molecule has 0 aliphatic carbocycles. The highest BCUT2D eigenvalue weighted by Crippen LogP contribution is 2.40. The van der Waals surface area contributed by atoms with Crippen LogP contribution < -0.4 is 15.4 Å². The molecule has 1 aliphatic heterocycles. The summed E-state index contributed by atoms with van der Waals surface area (Å²) in [5.41, 5.74) is 2.38. The number of halogens is 1. The normalized spacial score (nSPS) is 16.8. The van der Waals surface area contributed by atoms with Gasteiger partial charge in [-0.15, -0.1) is 0 Å². The fraction of sp³-hybridized carbons (Fsp3) is 0.286. The predicted molar refractivity (Wildman–Crippen MR) is 79.9 cm³/mol. The number of benzene rings is 1. The molecule has 110 valence electrons. The van der Waals surface area contributed by atoms with Gasteiger partial charge in [0.15, 0.2) is 0 Å². The van der Waals surface area contributed by atoms with Crippen molar-refractivity contribution in [3.05, 3.63) is 34.5 Å². The van der Waals surface area contributed by atoms with E-state index >= 15 is 0 Å². The number of rotatable bonds is 3. The third-order valence-corrected chi connectivity index (χ3v) is 3.69. The molecule has 7 heteroatoms. The van der Waals surface area contributed by atoms with Gasteiger partial charge in [0.05, 0.1) is 10.7 Å². The number of fused-ring (bicyclic) bond motifs is 1. The Morgan fingerprint density at radius 1 is 1.43 bits per heavy atom. The molecule has 2 heterocycles. The summed E-state index contributed by atoms with van der Waals surface area (Å²) in [4.78, 5) is 11.8. The smallest absolute Gasteiger partial charge is 0.246 e. The van der Waals surface area contributed by atoms with Gasteiger partial charge in [-0.2, -0.15) is 5.10 Å². The molecule has 1 aromatic heterocycles.